The van der Waals surface area contributed by atoms with E-state index in [9.17, 15) is 13.2 Å². The van der Waals surface area contributed by atoms with E-state index >= 15 is 0 Å². The number of amides is 1. The monoisotopic (exact) mass is 418 g/mol. The van der Waals surface area contributed by atoms with E-state index in [0.29, 0.717) is 18.8 Å². The van der Waals surface area contributed by atoms with Crippen molar-refractivity contribution < 1.29 is 22.5 Å². The molecule has 0 atom stereocenters. The third-order valence-corrected chi connectivity index (χ3v) is 6.99. The summed E-state index contributed by atoms with van der Waals surface area (Å²) in [4.78, 5) is 12.5. The van der Waals surface area contributed by atoms with Gasteiger partial charge in [-0.05, 0) is 43.0 Å². The van der Waals surface area contributed by atoms with E-state index in [0.717, 1.165) is 25.7 Å². The Morgan fingerprint density at radius 3 is 2.45 bits per heavy atom. The number of carbonyl (C=O) groups is 1. The number of hydrogen-bond donors (Lipinski definition) is 1. The lowest BCUT2D eigenvalue weighted by Gasteiger charge is -2.26. The maximum Gasteiger partial charge on any atom is 0.290 e. The standard InChI is InChI=1S/C21H27N3O4S/c1-3-17-9-13-23(14-10-17)16-21(25)22-18-7-8-19(28-2)20(15-18)29(26,27)24-11-5-4-6-12-24/h7-10,13-15H,3-6,11-12,16H2,1-2H3/p+1. The van der Waals surface area contributed by atoms with E-state index in [2.05, 4.69) is 12.2 Å². The molecule has 0 radical (unpaired) electrons. The van der Waals surface area contributed by atoms with Crippen LogP contribution in [0.4, 0.5) is 5.69 Å². The molecule has 0 aliphatic carbocycles. The second-order valence-electron chi connectivity index (χ2n) is 7.11. The molecule has 0 spiro atoms. The maximum atomic E-state index is 13.1. The number of pyridine rings is 1. The summed E-state index contributed by atoms with van der Waals surface area (Å²) >= 11 is 0. The number of aromatic nitrogens is 1. The number of hydrogen-bond acceptors (Lipinski definition) is 4. The van der Waals surface area contributed by atoms with Crippen molar-refractivity contribution in [1.82, 2.24) is 4.31 Å². The van der Waals surface area contributed by atoms with Gasteiger partial charge in [0.25, 0.3) is 5.91 Å². The second kappa shape index (κ2) is 9.37. The van der Waals surface area contributed by atoms with Gasteiger partial charge >= 0.3 is 0 Å². The molecular weight excluding hydrogens is 390 g/mol. The predicted molar refractivity (Wildman–Crippen MR) is 110 cm³/mol. The van der Waals surface area contributed by atoms with Gasteiger partial charge in [0, 0.05) is 30.9 Å². The number of piperidine rings is 1. The van der Waals surface area contributed by atoms with Crippen LogP contribution < -0.4 is 14.6 Å². The quantitative estimate of drug-likeness (QED) is 0.700. The molecule has 1 aromatic heterocycles. The Labute approximate surface area is 172 Å². The fourth-order valence-corrected chi connectivity index (χ4v) is 5.09. The lowest BCUT2D eigenvalue weighted by Crippen LogP contribution is -2.39. The third-order valence-electron chi connectivity index (χ3n) is 5.07. The molecular formula is C21H28N3O4S+. The van der Waals surface area contributed by atoms with Crippen LogP contribution in [-0.4, -0.2) is 38.8 Å². The van der Waals surface area contributed by atoms with Crippen LogP contribution in [0, 0.1) is 0 Å². The Morgan fingerprint density at radius 1 is 1.14 bits per heavy atom. The van der Waals surface area contributed by atoms with Crippen LogP contribution in [-0.2, 0) is 27.8 Å². The maximum absolute atomic E-state index is 13.1. The Morgan fingerprint density at radius 2 is 1.83 bits per heavy atom. The molecule has 3 rings (SSSR count). The normalized spacial score (nSPS) is 15.1. The minimum Gasteiger partial charge on any atom is -0.495 e. The molecule has 1 amide bonds. The minimum atomic E-state index is -3.68. The number of rotatable bonds is 7. The zero-order valence-electron chi connectivity index (χ0n) is 16.9. The van der Waals surface area contributed by atoms with E-state index in [1.165, 1.54) is 23.0 Å². The molecule has 1 aromatic carbocycles. The van der Waals surface area contributed by atoms with Gasteiger partial charge in [-0.25, -0.2) is 8.42 Å². The summed E-state index contributed by atoms with van der Waals surface area (Å²) in [6, 6.07) is 8.66. The smallest absolute Gasteiger partial charge is 0.290 e. The van der Waals surface area contributed by atoms with Crippen molar-refractivity contribution in [3.63, 3.8) is 0 Å². The van der Waals surface area contributed by atoms with Gasteiger partial charge in [-0.3, -0.25) is 4.79 Å². The van der Waals surface area contributed by atoms with Crippen molar-refractivity contribution in [3.05, 3.63) is 48.3 Å². The number of sulfonamides is 1. The topological polar surface area (TPSA) is 79.6 Å². The van der Waals surface area contributed by atoms with Crippen LogP contribution in [0.25, 0.3) is 0 Å². The van der Waals surface area contributed by atoms with Crippen LogP contribution in [0.1, 0.15) is 31.7 Å². The lowest BCUT2D eigenvalue weighted by atomic mass is 10.2. The van der Waals surface area contributed by atoms with Crippen molar-refractivity contribution in [3.8, 4) is 5.75 Å². The van der Waals surface area contributed by atoms with E-state index in [1.807, 2.05) is 24.5 Å². The van der Waals surface area contributed by atoms with E-state index in [1.54, 1.807) is 16.7 Å². The summed E-state index contributed by atoms with van der Waals surface area (Å²) in [6.07, 6.45) is 7.40. The average molecular weight is 419 g/mol. The van der Waals surface area contributed by atoms with Crippen LogP contribution in [0.2, 0.25) is 0 Å². The molecule has 1 aliphatic rings. The van der Waals surface area contributed by atoms with Crippen molar-refractivity contribution in [2.24, 2.45) is 0 Å². The third kappa shape index (κ3) is 5.13. The SMILES string of the molecule is CCc1cc[n+](CC(=O)Nc2ccc(OC)c(S(=O)(=O)N3CCCCC3)c2)cc1. The van der Waals surface area contributed by atoms with E-state index in [4.69, 9.17) is 4.74 Å². The highest BCUT2D eigenvalue weighted by Crippen LogP contribution is 2.31. The molecule has 0 bridgehead atoms. The Hall–Kier alpha value is -2.45. The first kappa shape index (κ1) is 21.3. The molecule has 0 saturated carbocycles. The number of anilines is 1. The summed E-state index contributed by atoms with van der Waals surface area (Å²) in [5, 5.41) is 2.79. The fraction of sp³-hybridized carbons (Fsp3) is 0.429. The summed E-state index contributed by atoms with van der Waals surface area (Å²) in [6.45, 7) is 3.23. The number of nitrogens with zero attached hydrogens (tertiary/aromatic N) is 2. The molecule has 2 heterocycles. The molecule has 1 saturated heterocycles. The van der Waals surface area contributed by atoms with Crippen LogP contribution in [0.15, 0.2) is 47.6 Å². The van der Waals surface area contributed by atoms with Crippen molar-refractivity contribution in [2.75, 3.05) is 25.5 Å². The Bertz CT molecular complexity index is 952. The van der Waals surface area contributed by atoms with Gasteiger partial charge in [-0.15, -0.1) is 0 Å². The van der Waals surface area contributed by atoms with E-state index < -0.39 is 10.0 Å². The molecule has 0 unspecified atom stereocenters. The number of ether oxygens (including phenoxy) is 1. The van der Waals surface area contributed by atoms with Crippen molar-refractivity contribution in [2.45, 2.75) is 44.0 Å². The minimum absolute atomic E-state index is 0.0830. The molecule has 2 aromatic rings. The van der Waals surface area contributed by atoms with Gasteiger partial charge in [0.2, 0.25) is 16.6 Å². The highest BCUT2D eigenvalue weighted by Gasteiger charge is 2.29. The van der Waals surface area contributed by atoms with Crippen molar-refractivity contribution in [1.29, 1.82) is 0 Å². The first-order valence-electron chi connectivity index (χ1n) is 9.90. The number of benzene rings is 1. The van der Waals surface area contributed by atoms with Gasteiger partial charge in [-0.1, -0.05) is 13.3 Å². The summed E-state index contributed by atoms with van der Waals surface area (Å²) in [5.41, 5.74) is 1.63. The highest BCUT2D eigenvalue weighted by molar-refractivity contribution is 7.89. The van der Waals surface area contributed by atoms with Crippen LogP contribution in [0.3, 0.4) is 0 Å². The molecule has 1 fully saturated rings. The van der Waals surface area contributed by atoms with E-state index in [-0.39, 0.29) is 23.1 Å². The molecule has 1 aliphatic heterocycles. The van der Waals surface area contributed by atoms with Gasteiger partial charge in [0.1, 0.15) is 10.6 Å². The van der Waals surface area contributed by atoms with Crippen LogP contribution in [0.5, 0.6) is 5.75 Å². The second-order valence-corrected chi connectivity index (χ2v) is 9.02. The summed E-state index contributed by atoms with van der Waals surface area (Å²) in [7, 11) is -2.23. The lowest BCUT2D eigenvalue weighted by molar-refractivity contribution is -0.684. The van der Waals surface area contributed by atoms with Gasteiger partial charge in [0.15, 0.2) is 12.4 Å². The van der Waals surface area contributed by atoms with Gasteiger partial charge < -0.3 is 10.1 Å². The number of aryl methyl sites for hydroxylation is 1. The zero-order valence-corrected chi connectivity index (χ0v) is 17.7. The summed E-state index contributed by atoms with van der Waals surface area (Å²) < 4.78 is 34.7. The summed E-state index contributed by atoms with van der Waals surface area (Å²) in [5.74, 6) is 0.0452. The number of nitrogens with one attached hydrogen (secondary N) is 1. The molecule has 156 valence electrons. The van der Waals surface area contributed by atoms with Crippen molar-refractivity contribution >= 4 is 21.6 Å². The highest BCUT2D eigenvalue weighted by atomic mass is 32.2. The van der Waals surface area contributed by atoms with Gasteiger partial charge in [0.05, 0.1) is 7.11 Å². The molecule has 29 heavy (non-hydrogen) atoms. The van der Waals surface area contributed by atoms with Gasteiger partial charge in [-0.2, -0.15) is 8.87 Å². The molecule has 1 N–H and O–H groups in total. The average Bonchev–Trinajstić information content (AvgIpc) is 2.74. The zero-order chi connectivity index (χ0) is 20.9. The predicted octanol–water partition coefficient (Wildman–Crippen LogP) is 2.36. The molecule has 7 nitrogen and oxygen atoms in total. The number of carbonyl (C=O) groups excluding carboxylic acids is 1. The fourth-order valence-electron chi connectivity index (χ4n) is 3.40. The Balaban J connectivity index is 1.77. The largest absolute Gasteiger partial charge is 0.495 e. The number of methoxy groups -OCH3 is 1. The first-order chi connectivity index (χ1) is 13.9. The Kier molecular flexibility index (Phi) is 6.87. The van der Waals surface area contributed by atoms with Crippen LogP contribution >= 0.6 is 0 Å². The molecule has 8 heteroatoms. The first-order valence-corrected chi connectivity index (χ1v) is 11.3.